The minimum absolute atomic E-state index is 0.239. The van der Waals surface area contributed by atoms with Crippen molar-refractivity contribution < 1.29 is 19.5 Å². The third-order valence-electron chi connectivity index (χ3n) is 11.2. The minimum Gasteiger partial charge on any atom is -0.478 e. The predicted octanol–water partition coefficient (Wildman–Crippen LogP) is 8.50. The molecule has 0 saturated heterocycles. The molecule has 0 radical (unpaired) electrons. The van der Waals surface area contributed by atoms with Crippen molar-refractivity contribution in [2.75, 3.05) is 29.9 Å². The van der Waals surface area contributed by atoms with Crippen LogP contribution in [0.5, 0.6) is 0 Å². The number of fused-ring (bicyclic) bond motifs is 5. The summed E-state index contributed by atoms with van der Waals surface area (Å²) in [6.07, 6.45) is 13.2. The Hall–Kier alpha value is -5.25. The number of nitroso groups, excluding NO2 is 1. The van der Waals surface area contributed by atoms with Crippen LogP contribution in [-0.4, -0.2) is 52.6 Å². The average molecular weight is 702 g/mol. The highest BCUT2D eigenvalue weighted by molar-refractivity contribution is 6.06. The first-order chi connectivity index (χ1) is 25.4. The van der Waals surface area contributed by atoms with Gasteiger partial charge in [-0.2, -0.15) is 4.91 Å². The Morgan fingerprint density at radius 3 is 2.38 bits per heavy atom. The third-order valence-corrected chi connectivity index (χ3v) is 11.2. The molecule has 2 amide bonds. The predicted molar refractivity (Wildman–Crippen MR) is 206 cm³/mol. The number of carbonyl (C=O) groups is 3. The summed E-state index contributed by atoms with van der Waals surface area (Å²) in [5.41, 5.74) is 6.68. The van der Waals surface area contributed by atoms with Crippen LogP contribution in [-0.2, 0) is 16.1 Å². The number of aromatic nitrogens is 1. The maximum Gasteiger partial charge on any atom is 0.328 e. The zero-order valence-corrected chi connectivity index (χ0v) is 29.6. The van der Waals surface area contributed by atoms with Gasteiger partial charge in [-0.3, -0.25) is 9.59 Å². The third kappa shape index (κ3) is 7.24. The number of hydrogen-bond donors (Lipinski definition) is 3. The molecule has 1 aromatic heterocycles. The van der Waals surface area contributed by atoms with E-state index >= 15 is 0 Å². The largest absolute Gasteiger partial charge is 0.478 e. The summed E-state index contributed by atoms with van der Waals surface area (Å²) in [7, 11) is 0. The van der Waals surface area contributed by atoms with Gasteiger partial charge in [0.2, 0.25) is 5.91 Å². The van der Waals surface area contributed by atoms with Crippen LogP contribution in [0.25, 0.3) is 28.2 Å². The van der Waals surface area contributed by atoms with Crippen molar-refractivity contribution in [2.45, 2.75) is 88.6 Å². The number of carbonyl (C=O) groups excluding carboxylic acids is 2. The second-order valence-electron chi connectivity index (χ2n) is 14.5. The zero-order valence-electron chi connectivity index (χ0n) is 29.6. The molecule has 0 bridgehead atoms. The van der Waals surface area contributed by atoms with Gasteiger partial charge in [0.05, 0.1) is 12.2 Å². The lowest BCUT2D eigenvalue weighted by molar-refractivity contribution is -0.131. The lowest BCUT2D eigenvalue weighted by Crippen LogP contribution is -2.55. The van der Waals surface area contributed by atoms with Crippen molar-refractivity contribution in [1.82, 2.24) is 9.88 Å². The number of hydrogen-bond acceptors (Lipinski definition) is 6. The SMILES string of the molecule is O=NCCN1CCCCn2c(c(C3CCCCC3)c3ccc(C(=O)NC4(C(=O)Nc5ccc(/C=C/C(=O)O)cc5)CCCC4)cc32)-c2ccccc21. The van der Waals surface area contributed by atoms with E-state index in [1.165, 1.54) is 42.0 Å². The number of nitrogens with zero attached hydrogens (tertiary/aromatic N) is 3. The van der Waals surface area contributed by atoms with Gasteiger partial charge in [-0.05, 0) is 92.0 Å². The van der Waals surface area contributed by atoms with Gasteiger partial charge < -0.3 is 25.2 Å². The first-order valence-corrected chi connectivity index (χ1v) is 18.8. The summed E-state index contributed by atoms with van der Waals surface area (Å²) in [4.78, 5) is 52.4. The van der Waals surface area contributed by atoms with Crippen molar-refractivity contribution in [2.24, 2.45) is 5.18 Å². The molecule has 0 atom stereocenters. The quantitative estimate of drug-likeness (QED) is 0.112. The molecule has 270 valence electrons. The van der Waals surface area contributed by atoms with Gasteiger partial charge in [-0.15, -0.1) is 0 Å². The fourth-order valence-electron chi connectivity index (χ4n) is 8.65. The van der Waals surface area contributed by atoms with Gasteiger partial charge in [0, 0.05) is 59.1 Å². The number of amides is 2. The van der Waals surface area contributed by atoms with Gasteiger partial charge in [0.25, 0.3) is 5.91 Å². The molecule has 2 aliphatic carbocycles. The Balaban J connectivity index is 1.24. The summed E-state index contributed by atoms with van der Waals surface area (Å²) in [5, 5.41) is 19.5. The van der Waals surface area contributed by atoms with Gasteiger partial charge in [-0.25, -0.2) is 4.79 Å². The highest BCUT2D eigenvalue weighted by Crippen LogP contribution is 2.47. The molecule has 0 unspecified atom stereocenters. The molecule has 2 saturated carbocycles. The Kier molecular flexibility index (Phi) is 10.5. The Bertz CT molecular complexity index is 1990. The smallest absolute Gasteiger partial charge is 0.328 e. The molecule has 2 fully saturated rings. The zero-order chi connectivity index (χ0) is 36.1. The van der Waals surface area contributed by atoms with Crippen LogP contribution >= 0.6 is 0 Å². The number of para-hydroxylation sites is 1. The molecule has 3 aromatic carbocycles. The number of carboxylic acid groups (broad SMARTS) is 1. The molecule has 7 rings (SSSR count). The van der Waals surface area contributed by atoms with Crippen molar-refractivity contribution in [3.8, 4) is 11.3 Å². The molecule has 10 heteroatoms. The standard InChI is InChI=1S/C42H47N5O5/c48-37(49)21-16-29-14-18-32(19-15-29)44-41(51)42(22-6-7-23-42)45-40(50)31-17-20-33-36(28-31)47-26-9-8-25-46(27-24-43-52)35-13-5-4-12-34(35)39(47)38(33)30-10-2-1-3-11-30/h4-5,12-21,28,30H,1-3,6-11,22-27H2,(H,44,51)(H,45,50)(H,48,49)/b21-16+. The number of aliphatic carboxylic acids is 1. The second-order valence-corrected chi connectivity index (χ2v) is 14.5. The molecule has 0 spiro atoms. The lowest BCUT2D eigenvalue weighted by atomic mass is 9.81. The number of nitrogens with one attached hydrogen (secondary N) is 2. The molecule has 1 aliphatic heterocycles. The monoisotopic (exact) mass is 701 g/mol. The van der Waals surface area contributed by atoms with Crippen molar-refractivity contribution in [1.29, 1.82) is 0 Å². The number of aryl methyl sites for hydroxylation is 1. The van der Waals surface area contributed by atoms with Crippen LogP contribution < -0.4 is 15.5 Å². The normalized spacial score (nSPS) is 17.5. The van der Waals surface area contributed by atoms with Gasteiger partial charge in [0.1, 0.15) is 5.54 Å². The molecule has 3 aliphatic rings. The summed E-state index contributed by atoms with van der Waals surface area (Å²) < 4.78 is 2.43. The molecule has 4 aromatic rings. The number of anilines is 2. The van der Waals surface area contributed by atoms with Crippen molar-refractivity contribution >= 4 is 46.1 Å². The molecular weight excluding hydrogens is 654 g/mol. The average Bonchev–Trinajstić information content (AvgIpc) is 3.78. The maximum atomic E-state index is 14.2. The van der Waals surface area contributed by atoms with E-state index in [9.17, 15) is 19.3 Å². The number of carboxylic acids is 1. The van der Waals surface area contributed by atoms with Crippen LogP contribution in [0.2, 0.25) is 0 Å². The lowest BCUT2D eigenvalue weighted by Gasteiger charge is -2.29. The van der Waals surface area contributed by atoms with Crippen molar-refractivity contribution in [3.63, 3.8) is 0 Å². The highest BCUT2D eigenvalue weighted by atomic mass is 16.4. The highest BCUT2D eigenvalue weighted by Gasteiger charge is 2.43. The first kappa shape index (κ1) is 35.2. The summed E-state index contributed by atoms with van der Waals surface area (Å²) >= 11 is 0. The molecule has 10 nitrogen and oxygen atoms in total. The van der Waals surface area contributed by atoms with Crippen LogP contribution in [0.4, 0.5) is 11.4 Å². The van der Waals surface area contributed by atoms with Crippen molar-refractivity contribution in [3.05, 3.63) is 94.4 Å². The Labute approximate surface area is 304 Å². The van der Waals surface area contributed by atoms with E-state index in [4.69, 9.17) is 5.11 Å². The second kappa shape index (κ2) is 15.6. The Morgan fingerprint density at radius 1 is 0.885 bits per heavy atom. The molecule has 3 N–H and O–H groups in total. The number of rotatable bonds is 10. The van der Waals surface area contributed by atoms with E-state index in [-0.39, 0.29) is 18.4 Å². The fraction of sp³-hybridized carbons (Fsp3) is 0.405. The maximum absolute atomic E-state index is 14.2. The van der Waals surface area contributed by atoms with E-state index in [0.29, 0.717) is 42.1 Å². The molecular formula is C42H47N5O5. The topological polar surface area (TPSA) is 133 Å². The minimum atomic E-state index is -1.04. The fourth-order valence-corrected chi connectivity index (χ4v) is 8.65. The van der Waals surface area contributed by atoms with E-state index < -0.39 is 11.5 Å². The van der Waals surface area contributed by atoms with Crippen LogP contribution in [0.3, 0.4) is 0 Å². The Morgan fingerprint density at radius 2 is 1.63 bits per heavy atom. The van der Waals surface area contributed by atoms with E-state index in [2.05, 4.69) is 55.6 Å². The summed E-state index contributed by atoms with van der Waals surface area (Å²) in [5.74, 6) is -1.12. The van der Waals surface area contributed by atoms with E-state index in [1.807, 2.05) is 12.1 Å². The van der Waals surface area contributed by atoms with Crippen LogP contribution in [0.15, 0.2) is 78.0 Å². The number of benzene rings is 3. The molecule has 52 heavy (non-hydrogen) atoms. The summed E-state index contributed by atoms with van der Waals surface area (Å²) in [6, 6.07) is 21.6. The van der Waals surface area contributed by atoms with Crippen LogP contribution in [0.1, 0.15) is 98.0 Å². The molecule has 2 heterocycles. The van der Waals surface area contributed by atoms with Gasteiger partial charge in [-0.1, -0.05) is 73.7 Å². The van der Waals surface area contributed by atoms with E-state index in [1.54, 1.807) is 24.3 Å². The summed E-state index contributed by atoms with van der Waals surface area (Å²) in [6.45, 7) is 2.48. The van der Waals surface area contributed by atoms with Crippen LogP contribution in [0, 0.1) is 4.91 Å². The van der Waals surface area contributed by atoms with Gasteiger partial charge in [0.15, 0.2) is 0 Å². The first-order valence-electron chi connectivity index (χ1n) is 18.8. The van der Waals surface area contributed by atoms with E-state index in [0.717, 1.165) is 74.5 Å². The van der Waals surface area contributed by atoms with Gasteiger partial charge >= 0.3 is 5.97 Å².